The van der Waals surface area contributed by atoms with E-state index in [-0.39, 0.29) is 17.5 Å². The fourth-order valence-corrected chi connectivity index (χ4v) is 2.86. The molecule has 110 valence electrons. The Labute approximate surface area is 127 Å². The minimum Gasteiger partial charge on any atom is -0.366 e. The number of thiophene rings is 1. The van der Waals surface area contributed by atoms with Crippen LogP contribution >= 0.6 is 11.3 Å². The Morgan fingerprint density at radius 2 is 2.00 bits per heavy atom. The topological polar surface area (TPSA) is 76.3 Å². The second-order valence-electron chi connectivity index (χ2n) is 4.84. The second kappa shape index (κ2) is 6.05. The van der Waals surface area contributed by atoms with Crippen molar-refractivity contribution < 1.29 is 9.59 Å². The van der Waals surface area contributed by atoms with E-state index < -0.39 is 5.91 Å². The van der Waals surface area contributed by atoms with Gasteiger partial charge in [-0.15, -0.1) is 11.3 Å². The minimum atomic E-state index is -0.558. The van der Waals surface area contributed by atoms with E-state index in [2.05, 4.69) is 4.98 Å². The van der Waals surface area contributed by atoms with Gasteiger partial charge in [0, 0.05) is 23.0 Å². The van der Waals surface area contributed by atoms with Crippen LogP contribution in [0.3, 0.4) is 0 Å². The number of rotatable bonds is 4. The lowest BCUT2D eigenvalue weighted by atomic mass is 10.2. The Kier molecular flexibility index (Phi) is 4.37. The summed E-state index contributed by atoms with van der Waals surface area (Å²) in [6, 6.07) is 7.06. The van der Waals surface area contributed by atoms with Crippen molar-refractivity contribution in [2.75, 3.05) is 7.05 Å². The van der Waals surface area contributed by atoms with Gasteiger partial charge in [0.1, 0.15) is 5.69 Å². The smallest absolute Gasteiger partial charge is 0.272 e. The largest absolute Gasteiger partial charge is 0.366 e. The van der Waals surface area contributed by atoms with Gasteiger partial charge in [0.2, 0.25) is 5.91 Å². The molecule has 2 heterocycles. The van der Waals surface area contributed by atoms with E-state index in [1.807, 2.05) is 26.0 Å². The molecule has 21 heavy (non-hydrogen) atoms. The summed E-state index contributed by atoms with van der Waals surface area (Å²) in [5, 5.41) is 0. The molecule has 0 spiro atoms. The van der Waals surface area contributed by atoms with Gasteiger partial charge in [-0.1, -0.05) is 0 Å². The van der Waals surface area contributed by atoms with Crippen LogP contribution in [-0.4, -0.2) is 28.7 Å². The molecular formula is C15H17N3O2S. The Hall–Kier alpha value is -2.21. The molecule has 0 bridgehead atoms. The number of pyridine rings is 1. The van der Waals surface area contributed by atoms with Crippen molar-refractivity contribution in [1.82, 2.24) is 9.88 Å². The van der Waals surface area contributed by atoms with Crippen molar-refractivity contribution >= 4 is 23.2 Å². The van der Waals surface area contributed by atoms with E-state index >= 15 is 0 Å². The summed E-state index contributed by atoms with van der Waals surface area (Å²) in [5.74, 6) is -0.748. The summed E-state index contributed by atoms with van der Waals surface area (Å²) in [6.45, 7) is 4.01. The highest BCUT2D eigenvalue weighted by atomic mass is 32.1. The predicted molar refractivity (Wildman–Crippen MR) is 82.3 cm³/mol. The Bertz CT molecular complexity index is 664. The molecule has 2 aromatic heterocycles. The van der Waals surface area contributed by atoms with Crippen LogP contribution in [-0.2, 0) is 0 Å². The zero-order valence-electron chi connectivity index (χ0n) is 12.2. The summed E-state index contributed by atoms with van der Waals surface area (Å²) in [5.41, 5.74) is 5.74. The first-order valence-electron chi connectivity index (χ1n) is 6.49. The van der Waals surface area contributed by atoms with Gasteiger partial charge in [-0.25, -0.2) is 0 Å². The van der Waals surface area contributed by atoms with Crippen LogP contribution in [0.2, 0.25) is 0 Å². The van der Waals surface area contributed by atoms with E-state index in [1.165, 1.54) is 23.2 Å². The Morgan fingerprint density at radius 1 is 1.29 bits per heavy atom. The highest BCUT2D eigenvalue weighted by Crippen LogP contribution is 2.27. The zero-order chi connectivity index (χ0) is 15.6. The molecule has 0 fully saturated rings. The summed E-state index contributed by atoms with van der Waals surface area (Å²) in [6.07, 6.45) is 1.32. The van der Waals surface area contributed by atoms with Crippen molar-refractivity contribution in [3.63, 3.8) is 0 Å². The SMILES string of the molecule is Cc1ccc([C@H](C)N(C)C(=O)c2ccc(C(N)=O)cn2)s1. The number of aromatic nitrogens is 1. The predicted octanol–water partition coefficient (Wildman–Crippen LogP) is 2.38. The molecule has 0 radical (unpaired) electrons. The van der Waals surface area contributed by atoms with Crippen molar-refractivity contribution in [1.29, 1.82) is 0 Å². The Balaban J connectivity index is 2.16. The number of carbonyl (C=O) groups is 2. The molecule has 0 aliphatic rings. The number of hydrogen-bond donors (Lipinski definition) is 1. The van der Waals surface area contributed by atoms with Crippen LogP contribution in [0.25, 0.3) is 0 Å². The molecule has 0 saturated carbocycles. The highest BCUT2D eigenvalue weighted by Gasteiger charge is 2.21. The fourth-order valence-electron chi connectivity index (χ4n) is 1.89. The average Bonchev–Trinajstić information content (AvgIpc) is 2.91. The van der Waals surface area contributed by atoms with Gasteiger partial charge in [0.15, 0.2) is 0 Å². The maximum Gasteiger partial charge on any atom is 0.272 e. The molecule has 2 rings (SSSR count). The molecule has 5 nitrogen and oxygen atoms in total. The summed E-state index contributed by atoms with van der Waals surface area (Å²) >= 11 is 1.67. The third-order valence-corrected chi connectivity index (χ3v) is 4.51. The number of hydrogen-bond acceptors (Lipinski definition) is 4. The zero-order valence-corrected chi connectivity index (χ0v) is 13.0. The van der Waals surface area contributed by atoms with Gasteiger partial charge in [-0.2, -0.15) is 0 Å². The molecule has 1 atom stereocenters. The summed E-state index contributed by atoms with van der Waals surface area (Å²) < 4.78 is 0. The van der Waals surface area contributed by atoms with Crippen LogP contribution in [0.4, 0.5) is 0 Å². The standard InChI is InChI=1S/C15H17N3O2S/c1-9-4-7-13(21-9)10(2)18(3)15(20)12-6-5-11(8-17-12)14(16)19/h4-8,10H,1-3H3,(H2,16,19)/t10-/m0/s1. The van der Waals surface area contributed by atoms with E-state index in [1.54, 1.807) is 23.3 Å². The third-order valence-electron chi connectivity index (χ3n) is 3.34. The Morgan fingerprint density at radius 3 is 2.48 bits per heavy atom. The lowest BCUT2D eigenvalue weighted by molar-refractivity contribution is 0.0738. The number of primary amides is 1. The minimum absolute atomic E-state index is 0.0335. The molecule has 0 aliphatic heterocycles. The lowest BCUT2D eigenvalue weighted by Crippen LogP contribution is -2.30. The highest BCUT2D eigenvalue weighted by molar-refractivity contribution is 7.12. The first-order chi connectivity index (χ1) is 9.90. The third kappa shape index (κ3) is 3.28. The van der Waals surface area contributed by atoms with Crippen LogP contribution in [0.1, 0.15) is 43.6 Å². The molecule has 2 aromatic rings. The van der Waals surface area contributed by atoms with Gasteiger partial charge in [0.25, 0.3) is 5.91 Å². The maximum absolute atomic E-state index is 12.4. The molecule has 0 saturated heterocycles. The van der Waals surface area contributed by atoms with Crippen LogP contribution in [0, 0.1) is 6.92 Å². The van der Waals surface area contributed by atoms with Crippen LogP contribution in [0.5, 0.6) is 0 Å². The molecule has 0 aliphatic carbocycles. The summed E-state index contributed by atoms with van der Waals surface area (Å²) in [4.78, 5) is 31.4. The van der Waals surface area contributed by atoms with Gasteiger partial charge >= 0.3 is 0 Å². The monoisotopic (exact) mass is 303 g/mol. The van der Waals surface area contributed by atoms with Crippen molar-refractivity contribution in [3.8, 4) is 0 Å². The van der Waals surface area contributed by atoms with E-state index in [4.69, 9.17) is 5.73 Å². The van der Waals surface area contributed by atoms with Crippen molar-refractivity contribution in [2.45, 2.75) is 19.9 Å². The van der Waals surface area contributed by atoms with E-state index in [0.717, 1.165) is 4.88 Å². The fraction of sp³-hybridized carbons (Fsp3) is 0.267. The van der Waals surface area contributed by atoms with Gasteiger partial charge in [-0.05, 0) is 38.1 Å². The molecule has 2 N–H and O–H groups in total. The van der Waals surface area contributed by atoms with E-state index in [0.29, 0.717) is 5.69 Å². The normalized spacial score (nSPS) is 12.0. The molecule has 2 amide bonds. The molecule has 6 heteroatoms. The first-order valence-corrected chi connectivity index (χ1v) is 7.31. The van der Waals surface area contributed by atoms with Crippen LogP contribution in [0.15, 0.2) is 30.5 Å². The van der Waals surface area contributed by atoms with Crippen molar-refractivity contribution in [3.05, 3.63) is 51.5 Å². The maximum atomic E-state index is 12.4. The number of aryl methyl sites for hydroxylation is 1. The first kappa shape index (κ1) is 15.2. The number of nitrogens with two attached hydrogens (primary N) is 1. The summed E-state index contributed by atoms with van der Waals surface area (Å²) in [7, 11) is 1.74. The molecular weight excluding hydrogens is 286 g/mol. The number of amides is 2. The van der Waals surface area contributed by atoms with E-state index in [9.17, 15) is 9.59 Å². The number of carbonyl (C=O) groups excluding carboxylic acids is 2. The lowest BCUT2D eigenvalue weighted by Gasteiger charge is -2.23. The van der Waals surface area contributed by atoms with Gasteiger partial charge < -0.3 is 10.6 Å². The number of nitrogens with zero attached hydrogens (tertiary/aromatic N) is 2. The molecule has 0 unspecified atom stereocenters. The van der Waals surface area contributed by atoms with Crippen molar-refractivity contribution in [2.24, 2.45) is 5.73 Å². The average molecular weight is 303 g/mol. The molecule has 0 aromatic carbocycles. The van der Waals surface area contributed by atoms with Gasteiger partial charge in [-0.3, -0.25) is 14.6 Å². The van der Waals surface area contributed by atoms with Crippen LogP contribution < -0.4 is 5.73 Å². The van der Waals surface area contributed by atoms with Gasteiger partial charge in [0.05, 0.1) is 11.6 Å². The quantitative estimate of drug-likeness (QED) is 0.942. The second-order valence-corrected chi connectivity index (χ2v) is 6.16.